The SMILES string of the molecule is C/C=C\C=C/COP(=O)(N[C@@H](C)C=O)OC[C@H]1O[C@@](C#N)(c2ccc3c(N)ncnn23)C(O)C1O. The van der Waals surface area contributed by atoms with Crippen LogP contribution in [0.1, 0.15) is 19.5 Å². The molecule has 0 aromatic carbocycles. The minimum absolute atomic E-state index is 0.101. The molecule has 0 bridgehead atoms. The summed E-state index contributed by atoms with van der Waals surface area (Å²) in [5.41, 5.74) is 4.29. The average Bonchev–Trinajstić information content (AvgIpc) is 3.39. The number of anilines is 1. The first-order chi connectivity index (χ1) is 16.7. The number of aldehydes is 1. The number of allylic oxidation sites excluding steroid dienone is 3. The summed E-state index contributed by atoms with van der Waals surface area (Å²) in [6, 6.07) is 4.06. The number of nitrogens with two attached hydrogens (primary N) is 1. The third-order valence-corrected chi connectivity index (χ3v) is 6.94. The Morgan fingerprint density at radius 1 is 1.43 bits per heavy atom. The first kappa shape index (κ1) is 26.7. The molecule has 3 heterocycles. The molecule has 3 rings (SSSR count). The van der Waals surface area contributed by atoms with E-state index < -0.39 is 44.3 Å². The van der Waals surface area contributed by atoms with Crippen molar-refractivity contribution in [3.63, 3.8) is 0 Å². The number of aromatic nitrogens is 3. The van der Waals surface area contributed by atoms with Crippen molar-refractivity contribution >= 4 is 25.4 Å². The van der Waals surface area contributed by atoms with Crippen LogP contribution < -0.4 is 10.8 Å². The van der Waals surface area contributed by atoms with Crippen LogP contribution in [-0.4, -0.2) is 68.7 Å². The average molecular weight is 506 g/mol. The van der Waals surface area contributed by atoms with Crippen LogP contribution in [0.2, 0.25) is 0 Å². The minimum atomic E-state index is -4.05. The van der Waals surface area contributed by atoms with Crippen LogP contribution >= 0.6 is 7.75 Å². The molecule has 1 aliphatic rings. The van der Waals surface area contributed by atoms with E-state index in [1.165, 1.54) is 23.8 Å². The van der Waals surface area contributed by atoms with Crippen molar-refractivity contribution in [1.29, 1.82) is 5.26 Å². The molecule has 6 atom stereocenters. The highest BCUT2D eigenvalue weighted by Crippen LogP contribution is 2.46. The fourth-order valence-corrected chi connectivity index (χ4v) is 4.91. The number of fused-ring (bicyclic) bond motifs is 1. The lowest BCUT2D eigenvalue weighted by molar-refractivity contribution is -0.109. The normalized spacial score (nSPS) is 27.3. The van der Waals surface area contributed by atoms with Crippen molar-refractivity contribution in [2.24, 2.45) is 0 Å². The van der Waals surface area contributed by atoms with Crippen LogP contribution in [0.3, 0.4) is 0 Å². The predicted octanol–water partition coefficient (Wildman–Crippen LogP) is 0.602. The van der Waals surface area contributed by atoms with Crippen molar-refractivity contribution in [3.05, 3.63) is 48.5 Å². The Hall–Kier alpha value is -2.95. The maximum atomic E-state index is 13.2. The highest BCUT2D eigenvalue weighted by atomic mass is 31.2. The fraction of sp³-hybridized carbons (Fsp3) is 0.429. The Morgan fingerprint density at radius 2 is 2.20 bits per heavy atom. The first-order valence-corrected chi connectivity index (χ1v) is 12.2. The Balaban J connectivity index is 1.81. The largest absolute Gasteiger partial charge is 0.406 e. The van der Waals surface area contributed by atoms with E-state index in [0.717, 1.165) is 0 Å². The van der Waals surface area contributed by atoms with E-state index in [2.05, 4.69) is 15.2 Å². The first-order valence-electron chi connectivity index (χ1n) is 10.6. The van der Waals surface area contributed by atoms with E-state index in [1.807, 2.05) is 13.0 Å². The number of hydrogen-bond acceptors (Lipinski definition) is 11. The highest BCUT2D eigenvalue weighted by molar-refractivity contribution is 7.51. The molecule has 35 heavy (non-hydrogen) atoms. The number of nitrogens with zero attached hydrogens (tertiary/aromatic N) is 4. The third kappa shape index (κ3) is 5.50. The molecular weight excluding hydrogens is 479 g/mol. The molecule has 1 aliphatic heterocycles. The Bertz CT molecular complexity index is 1190. The third-order valence-electron chi connectivity index (χ3n) is 5.24. The van der Waals surface area contributed by atoms with Gasteiger partial charge in [-0.25, -0.2) is 19.2 Å². The summed E-state index contributed by atoms with van der Waals surface area (Å²) in [5, 5.41) is 37.9. The van der Waals surface area contributed by atoms with Crippen molar-refractivity contribution in [2.75, 3.05) is 18.9 Å². The molecule has 3 unspecified atom stereocenters. The molecule has 0 aliphatic carbocycles. The number of aliphatic hydroxyl groups excluding tert-OH is 2. The molecular formula is C21H27N6O7P. The lowest BCUT2D eigenvalue weighted by atomic mass is 9.92. The van der Waals surface area contributed by atoms with Crippen LogP contribution in [0.15, 0.2) is 42.8 Å². The summed E-state index contributed by atoms with van der Waals surface area (Å²) < 4.78 is 31.0. The van der Waals surface area contributed by atoms with Gasteiger partial charge in [0.2, 0.25) is 5.60 Å². The van der Waals surface area contributed by atoms with Gasteiger partial charge in [-0.15, -0.1) is 0 Å². The highest BCUT2D eigenvalue weighted by Gasteiger charge is 2.58. The van der Waals surface area contributed by atoms with Gasteiger partial charge in [0.25, 0.3) is 0 Å². The monoisotopic (exact) mass is 506 g/mol. The smallest absolute Gasteiger partial charge is 0.387 e. The standard InChI is InChI=1S/C21H27N6O7P/c1-3-4-5-6-9-32-35(31,26-14(2)10-28)33-11-16-18(29)19(30)21(12-22,34-16)17-8-7-15-20(23)24-13-25-27(15)17/h3-8,10,13-14,16,18-19,29-30H,9,11H2,1-2H3,(H,26,31)(H2,23,24,25)/b4-3-,6-5-/t14-,16+,18?,19?,21-,35?/m0/s1. The number of carbonyl (C=O) groups is 1. The van der Waals surface area contributed by atoms with Gasteiger partial charge in [0, 0.05) is 0 Å². The van der Waals surface area contributed by atoms with Gasteiger partial charge < -0.3 is 25.5 Å². The van der Waals surface area contributed by atoms with E-state index in [-0.39, 0.29) is 18.1 Å². The zero-order valence-corrected chi connectivity index (χ0v) is 20.0. The Labute approximate surface area is 201 Å². The second-order valence-corrected chi connectivity index (χ2v) is 9.47. The molecule has 0 radical (unpaired) electrons. The van der Waals surface area contributed by atoms with Crippen LogP contribution in [0.5, 0.6) is 0 Å². The number of carbonyl (C=O) groups excluding carboxylic acids is 1. The molecule has 0 amide bonds. The molecule has 2 aromatic heterocycles. The maximum absolute atomic E-state index is 13.2. The van der Waals surface area contributed by atoms with Gasteiger partial charge in [0.05, 0.1) is 24.9 Å². The van der Waals surface area contributed by atoms with E-state index in [4.69, 9.17) is 19.5 Å². The molecule has 2 aromatic rings. The van der Waals surface area contributed by atoms with Crippen LogP contribution in [0.4, 0.5) is 5.82 Å². The zero-order valence-electron chi connectivity index (χ0n) is 19.1. The van der Waals surface area contributed by atoms with Crippen molar-refractivity contribution < 1.29 is 33.4 Å². The van der Waals surface area contributed by atoms with Crippen LogP contribution in [0, 0.1) is 11.3 Å². The second-order valence-electron chi connectivity index (χ2n) is 7.70. The summed E-state index contributed by atoms with van der Waals surface area (Å²) in [6.07, 6.45) is 3.91. The minimum Gasteiger partial charge on any atom is -0.387 e. The molecule has 13 nitrogen and oxygen atoms in total. The predicted molar refractivity (Wildman–Crippen MR) is 124 cm³/mol. The van der Waals surface area contributed by atoms with Gasteiger partial charge in [-0.2, -0.15) is 10.4 Å². The number of ether oxygens (including phenoxy) is 1. The van der Waals surface area contributed by atoms with E-state index in [0.29, 0.717) is 11.8 Å². The van der Waals surface area contributed by atoms with Crippen LogP contribution in [0.25, 0.3) is 5.52 Å². The number of nitriles is 1. The number of nitrogens with one attached hydrogen (secondary N) is 1. The molecule has 0 spiro atoms. The lowest BCUT2D eigenvalue weighted by Crippen LogP contribution is -2.41. The van der Waals surface area contributed by atoms with Gasteiger partial charge in [-0.05, 0) is 26.0 Å². The fourth-order valence-electron chi connectivity index (χ4n) is 3.50. The second kappa shape index (κ2) is 11.2. The number of nitrogen functional groups attached to an aromatic ring is 1. The lowest BCUT2D eigenvalue weighted by Gasteiger charge is -2.24. The van der Waals surface area contributed by atoms with Gasteiger partial charge in [0.1, 0.15) is 42.5 Å². The zero-order chi connectivity index (χ0) is 25.6. The van der Waals surface area contributed by atoms with E-state index in [9.17, 15) is 24.8 Å². The number of aliphatic hydroxyl groups is 2. The van der Waals surface area contributed by atoms with E-state index >= 15 is 0 Å². The molecule has 0 saturated carbocycles. The van der Waals surface area contributed by atoms with Gasteiger partial charge >= 0.3 is 7.75 Å². The molecule has 1 fully saturated rings. The number of hydrogen-bond donors (Lipinski definition) is 4. The number of rotatable bonds is 11. The van der Waals surface area contributed by atoms with Crippen molar-refractivity contribution in [2.45, 2.75) is 43.8 Å². The summed E-state index contributed by atoms with van der Waals surface area (Å²) >= 11 is 0. The van der Waals surface area contributed by atoms with Gasteiger partial charge in [-0.1, -0.05) is 24.3 Å². The van der Waals surface area contributed by atoms with Crippen molar-refractivity contribution in [3.8, 4) is 6.07 Å². The Kier molecular flexibility index (Phi) is 8.52. The quantitative estimate of drug-likeness (QED) is 0.189. The molecule has 14 heteroatoms. The van der Waals surface area contributed by atoms with Gasteiger partial charge in [0.15, 0.2) is 5.82 Å². The topological polar surface area (TPSA) is 194 Å². The molecule has 188 valence electrons. The summed E-state index contributed by atoms with van der Waals surface area (Å²) in [4.78, 5) is 14.9. The summed E-state index contributed by atoms with van der Waals surface area (Å²) in [7, 11) is -4.05. The molecule has 1 saturated heterocycles. The van der Waals surface area contributed by atoms with Crippen molar-refractivity contribution in [1.82, 2.24) is 19.7 Å². The Morgan fingerprint density at radius 3 is 2.89 bits per heavy atom. The maximum Gasteiger partial charge on any atom is 0.406 e. The summed E-state index contributed by atoms with van der Waals surface area (Å²) in [6.45, 7) is 2.65. The summed E-state index contributed by atoms with van der Waals surface area (Å²) in [5.74, 6) is 0.143. The molecule has 5 N–H and O–H groups in total. The van der Waals surface area contributed by atoms with E-state index in [1.54, 1.807) is 30.4 Å². The van der Waals surface area contributed by atoms with Crippen LogP contribution in [-0.2, 0) is 28.7 Å². The van der Waals surface area contributed by atoms with Gasteiger partial charge in [-0.3, -0.25) is 9.05 Å².